The maximum atomic E-state index is 13.4. The molecule has 13 heteroatoms. The predicted molar refractivity (Wildman–Crippen MR) is 157 cm³/mol. The molecule has 216 valence electrons. The molecule has 1 atom stereocenters. The van der Waals surface area contributed by atoms with Gasteiger partial charge in [-0.2, -0.15) is 5.10 Å². The van der Waals surface area contributed by atoms with Crippen LogP contribution in [0.2, 0.25) is 10.0 Å². The highest BCUT2D eigenvalue weighted by Crippen LogP contribution is 2.30. The average Bonchev–Trinajstić information content (AvgIpc) is 3.50. The summed E-state index contributed by atoms with van der Waals surface area (Å²) in [6.07, 6.45) is 3.40. The van der Waals surface area contributed by atoms with E-state index in [9.17, 15) is 18.0 Å². The lowest BCUT2D eigenvalue weighted by Gasteiger charge is -2.24. The molecule has 1 saturated heterocycles. The Labute approximate surface area is 248 Å². The Kier molecular flexibility index (Phi) is 10.6. The van der Waals surface area contributed by atoms with Crippen LogP contribution in [0.1, 0.15) is 18.4 Å². The van der Waals surface area contributed by atoms with Crippen LogP contribution in [0, 0.1) is 0 Å². The first-order valence-electron chi connectivity index (χ1n) is 12.7. The molecule has 1 aliphatic heterocycles. The van der Waals surface area contributed by atoms with Crippen molar-refractivity contribution in [3.8, 4) is 5.75 Å². The van der Waals surface area contributed by atoms with Crippen molar-refractivity contribution in [3.05, 3.63) is 88.4 Å². The monoisotopic (exact) mass is 618 g/mol. The lowest BCUT2D eigenvalue weighted by Crippen LogP contribution is -2.39. The lowest BCUT2D eigenvalue weighted by molar-refractivity contribution is -0.123. The second kappa shape index (κ2) is 14.3. The van der Waals surface area contributed by atoms with Crippen molar-refractivity contribution in [2.24, 2.45) is 5.10 Å². The quantitative estimate of drug-likeness (QED) is 0.233. The maximum absolute atomic E-state index is 13.4. The number of carbonyl (C=O) groups is 2. The van der Waals surface area contributed by atoms with Crippen LogP contribution in [0.5, 0.6) is 5.75 Å². The first-order chi connectivity index (χ1) is 19.7. The largest absolute Gasteiger partial charge is 0.484 e. The number of rotatable bonds is 12. The topological polar surface area (TPSA) is 126 Å². The fraction of sp³-hybridized carbons (Fsp3) is 0.250. The number of hydrazone groups is 1. The normalized spacial score (nSPS) is 15.0. The fourth-order valence-electron chi connectivity index (χ4n) is 3.90. The van der Waals surface area contributed by atoms with Crippen molar-refractivity contribution >= 4 is 56.9 Å². The molecule has 1 heterocycles. The Bertz CT molecular complexity index is 1480. The van der Waals surface area contributed by atoms with Crippen LogP contribution in [-0.4, -0.2) is 58.9 Å². The van der Waals surface area contributed by atoms with E-state index in [4.69, 9.17) is 32.7 Å². The van der Waals surface area contributed by atoms with Gasteiger partial charge in [-0.15, -0.1) is 0 Å². The summed E-state index contributed by atoms with van der Waals surface area (Å²) in [5.41, 5.74) is 3.15. The van der Waals surface area contributed by atoms with Gasteiger partial charge >= 0.3 is 0 Å². The maximum Gasteiger partial charge on any atom is 0.264 e. The highest BCUT2D eigenvalue weighted by molar-refractivity contribution is 7.92. The van der Waals surface area contributed by atoms with Crippen LogP contribution in [-0.2, 0) is 24.3 Å². The molecule has 0 spiro atoms. The van der Waals surface area contributed by atoms with Gasteiger partial charge in [-0.1, -0.05) is 41.4 Å². The Morgan fingerprint density at radius 1 is 1.02 bits per heavy atom. The summed E-state index contributed by atoms with van der Waals surface area (Å²) >= 11 is 12.1. The average molecular weight is 620 g/mol. The Morgan fingerprint density at radius 3 is 2.46 bits per heavy atom. The molecule has 0 radical (unpaired) electrons. The van der Waals surface area contributed by atoms with E-state index >= 15 is 0 Å². The first-order valence-corrected chi connectivity index (χ1v) is 14.9. The summed E-state index contributed by atoms with van der Waals surface area (Å²) in [5.74, 6) is -0.430. The van der Waals surface area contributed by atoms with Crippen molar-refractivity contribution in [2.45, 2.75) is 23.8 Å². The molecule has 3 aromatic rings. The molecule has 0 bridgehead atoms. The van der Waals surface area contributed by atoms with E-state index in [1.165, 1.54) is 36.5 Å². The van der Waals surface area contributed by atoms with Gasteiger partial charge in [0.05, 0.1) is 32.9 Å². The predicted octanol–water partition coefficient (Wildman–Crippen LogP) is 4.01. The number of ether oxygens (including phenoxy) is 2. The Hall–Kier alpha value is -3.64. The van der Waals surface area contributed by atoms with E-state index < -0.39 is 22.5 Å². The van der Waals surface area contributed by atoms with Crippen molar-refractivity contribution in [2.75, 3.05) is 30.6 Å². The molecule has 0 aromatic heterocycles. The first kappa shape index (κ1) is 30.3. The number of anilines is 1. The van der Waals surface area contributed by atoms with Gasteiger partial charge in [0.1, 0.15) is 12.3 Å². The number of benzene rings is 3. The second-order valence-electron chi connectivity index (χ2n) is 9.01. The van der Waals surface area contributed by atoms with Crippen LogP contribution < -0.4 is 19.8 Å². The van der Waals surface area contributed by atoms with Gasteiger partial charge in [0, 0.05) is 13.2 Å². The number of nitrogens with zero attached hydrogens (tertiary/aromatic N) is 2. The third kappa shape index (κ3) is 8.67. The molecule has 1 fully saturated rings. The molecule has 2 N–H and O–H groups in total. The van der Waals surface area contributed by atoms with E-state index in [0.29, 0.717) is 17.9 Å². The number of carbonyl (C=O) groups excluding carboxylic acids is 2. The zero-order valence-corrected chi connectivity index (χ0v) is 24.2. The third-order valence-electron chi connectivity index (χ3n) is 6.01. The molecule has 0 unspecified atom stereocenters. The van der Waals surface area contributed by atoms with Crippen molar-refractivity contribution in [1.29, 1.82) is 0 Å². The highest BCUT2D eigenvalue weighted by atomic mass is 35.5. The zero-order chi connectivity index (χ0) is 29.2. The summed E-state index contributed by atoms with van der Waals surface area (Å²) in [6.45, 7) is 0.502. The van der Waals surface area contributed by atoms with Crippen LogP contribution in [0.3, 0.4) is 0 Å². The Balaban J connectivity index is 1.33. The standard InChI is InChI=1S/C28H28Cl2N4O6S/c29-25-13-10-21(15-26(25)30)34(41(37,38)24-6-2-1-3-7-24)18-27(35)33-32-16-20-8-11-22(12-9-20)40-19-28(36)31-17-23-5-4-14-39-23/h1-3,6-13,15-16,23H,4-5,14,17-19H2,(H,31,36)(H,33,35)/b32-16-/t23-/m0/s1. The van der Waals surface area contributed by atoms with Gasteiger partial charge in [-0.05, 0) is 73.0 Å². The van der Waals surface area contributed by atoms with Crippen molar-refractivity contribution < 1.29 is 27.5 Å². The number of sulfonamides is 1. The number of hydrogen-bond donors (Lipinski definition) is 2. The minimum Gasteiger partial charge on any atom is -0.484 e. The van der Waals surface area contributed by atoms with E-state index in [0.717, 1.165) is 23.8 Å². The minimum absolute atomic E-state index is 0.00462. The number of halogens is 2. The van der Waals surface area contributed by atoms with Crippen LogP contribution >= 0.6 is 23.2 Å². The highest BCUT2D eigenvalue weighted by Gasteiger charge is 2.27. The summed E-state index contributed by atoms with van der Waals surface area (Å²) < 4.78 is 38.7. The Morgan fingerprint density at radius 2 is 1.78 bits per heavy atom. The van der Waals surface area contributed by atoms with E-state index in [2.05, 4.69) is 15.8 Å². The third-order valence-corrected chi connectivity index (χ3v) is 8.54. The molecule has 1 aliphatic rings. The SMILES string of the molecule is O=C(COc1ccc(/C=N\NC(=O)CN(c2ccc(Cl)c(Cl)c2)S(=O)(=O)c2ccccc2)cc1)NC[C@@H]1CCCO1. The van der Waals surface area contributed by atoms with Gasteiger partial charge in [-0.3, -0.25) is 13.9 Å². The lowest BCUT2D eigenvalue weighted by atomic mass is 10.2. The molecule has 4 rings (SSSR count). The molecule has 41 heavy (non-hydrogen) atoms. The summed E-state index contributed by atoms with van der Waals surface area (Å²) in [6, 6.07) is 18.7. The number of hydrogen-bond acceptors (Lipinski definition) is 7. The molecular formula is C28H28Cl2N4O6S. The van der Waals surface area contributed by atoms with Crippen LogP contribution in [0.4, 0.5) is 5.69 Å². The van der Waals surface area contributed by atoms with Crippen LogP contribution in [0.25, 0.3) is 0 Å². The van der Waals surface area contributed by atoms with Gasteiger partial charge in [-0.25, -0.2) is 13.8 Å². The molecular weight excluding hydrogens is 591 g/mol. The fourth-order valence-corrected chi connectivity index (χ4v) is 5.63. The summed E-state index contributed by atoms with van der Waals surface area (Å²) in [7, 11) is -4.11. The van der Waals surface area contributed by atoms with Crippen LogP contribution in [0.15, 0.2) is 82.8 Å². The van der Waals surface area contributed by atoms with E-state index in [-0.39, 0.29) is 39.2 Å². The molecule has 10 nitrogen and oxygen atoms in total. The zero-order valence-electron chi connectivity index (χ0n) is 21.8. The molecule has 2 amide bonds. The minimum atomic E-state index is -4.11. The van der Waals surface area contributed by atoms with Gasteiger partial charge in [0.25, 0.3) is 21.8 Å². The van der Waals surface area contributed by atoms with E-state index in [1.807, 2.05) is 0 Å². The summed E-state index contributed by atoms with van der Waals surface area (Å²) in [4.78, 5) is 24.7. The number of amides is 2. The second-order valence-corrected chi connectivity index (χ2v) is 11.7. The van der Waals surface area contributed by atoms with Crippen molar-refractivity contribution in [3.63, 3.8) is 0 Å². The van der Waals surface area contributed by atoms with Gasteiger partial charge in [0.2, 0.25) is 0 Å². The van der Waals surface area contributed by atoms with Gasteiger partial charge < -0.3 is 14.8 Å². The molecule has 0 aliphatic carbocycles. The smallest absolute Gasteiger partial charge is 0.264 e. The van der Waals surface area contributed by atoms with Gasteiger partial charge in [0.15, 0.2) is 6.61 Å². The molecule has 0 saturated carbocycles. The number of nitrogens with one attached hydrogen (secondary N) is 2. The van der Waals surface area contributed by atoms with Crippen molar-refractivity contribution in [1.82, 2.24) is 10.7 Å². The summed E-state index contributed by atoms with van der Waals surface area (Å²) in [5, 5.41) is 7.11. The molecule has 3 aromatic carbocycles. The van der Waals surface area contributed by atoms with E-state index in [1.54, 1.807) is 42.5 Å².